The van der Waals surface area contributed by atoms with Crippen LogP contribution in [0.15, 0.2) is 30.3 Å². The summed E-state index contributed by atoms with van der Waals surface area (Å²) in [5.41, 5.74) is 6.39. The molecule has 2 N–H and O–H groups in total. The largest absolute Gasteiger partial charge is 0.494 e. The minimum absolute atomic E-state index is 0.0561. The summed E-state index contributed by atoms with van der Waals surface area (Å²) in [5.74, 6) is -2.99. The number of nitrogens with zero attached hydrogens (tertiary/aromatic N) is 2. The van der Waals surface area contributed by atoms with Gasteiger partial charge in [-0.05, 0) is 12.1 Å². The van der Waals surface area contributed by atoms with Crippen LogP contribution in [0, 0.1) is 17.5 Å². The second-order valence-electron chi connectivity index (χ2n) is 4.35. The minimum atomic E-state index is -1.27. The number of hydrogen-bond acceptors (Lipinski definition) is 3. The molecule has 4 nitrogen and oxygen atoms in total. The number of imidazole rings is 1. The molecule has 21 heavy (non-hydrogen) atoms. The Morgan fingerprint density at radius 3 is 2.52 bits per heavy atom. The molecule has 3 rings (SSSR count). The first-order valence-corrected chi connectivity index (χ1v) is 5.98. The zero-order valence-corrected chi connectivity index (χ0v) is 10.9. The Hall–Kier alpha value is -2.70. The molecule has 0 amide bonds. The highest BCUT2D eigenvalue weighted by molar-refractivity contribution is 5.86. The average molecular weight is 293 g/mol. The SMILES string of the molecule is COc1cccc2c1nc(N)n2-c1cc(F)c(F)cc1F. The molecule has 0 bridgehead atoms. The fraction of sp³-hybridized carbons (Fsp3) is 0.0714. The van der Waals surface area contributed by atoms with Crippen molar-refractivity contribution in [3.05, 3.63) is 47.8 Å². The fourth-order valence-corrected chi connectivity index (χ4v) is 2.19. The number of methoxy groups -OCH3 is 1. The molecule has 1 heterocycles. The Bertz CT molecular complexity index is 845. The van der Waals surface area contributed by atoms with E-state index in [4.69, 9.17) is 10.5 Å². The highest BCUT2D eigenvalue weighted by atomic mass is 19.2. The molecular weight excluding hydrogens is 283 g/mol. The van der Waals surface area contributed by atoms with Crippen LogP contribution in [0.1, 0.15) is 0 Å². The molecule has 0 saturated carbocycles. The van der Waals surface area contributed by atoms with E-state index in [2.05, 4.69) is 4.98 Å². The standard InChI is InChI=1S/C14H10F3N3O/c1-21-12-4-2-3-10-13(12)19-14(18)20(10)11-6-8(16)7(15)5-9(11)17/h2-6H,1H3,(H2,18,19). The van der Waals surface area contributed by atoms with Gasteiger partial charge in [-0.1, -0.05) is 6.07 Å². The summed E-state index contributed by atoms with van der Waals surface area (Å²) in [6.45, 7) is 0. The van der Waals surface area contributed by atoms with Gasteiger partial charge in [0, 0.05) is 12.1 Å². The third-order valence-electron chi connectivity index (χ3n) is 3.12. The zero-order valence-electron chi connectivity index (χ0n) is 10.9. The van der Waals surface area contributed by atoms with E-state index in [9.17, 15) is 13.2 Å². The molecule has 0 aliphatic rings. The van der Waals surface area contributed by atoms with Crippen LogP contribution in [-0.2, 0) is 0 Å². The van der Waals surface area contributed by atoms with Gasteiger partial charge in [0.2, 0.25) is 5.95 Å². The summed E-state index contributed by atoms with van der Waals surface area (Å²) in [4.78, 5) is 4.09. The number of ether oxygens (including phenoxy) is 1. The Morgan fingerprint density at radius 1 is 1.10 bits per heavy atom. The number of rotatable bonds is 2. The Morgan fingerprint density at radius 2 is 1.81 bits per heavy atom. The summed E-state index contributed by atoms with van der Waals surface area (Å²) >= 11 is 0. The highest BCUT2D eigenvalue weighted by Gasteiger charge is 2.18. The lowest BCUT2D eigenvalue weighted by atomic mass is 10.2. The average Bonchev–Trinajstić information content (AvgIpc) is 2.79. The zero-order chi connectivity index (χ0) is 15.1. The van der Waals surface area contributed by atoms with Crippen molar-refractivity contribution in [3.8, 4) is 11.4 Å². The number of hydrogen-bond donors (Lipinski definition) is 1. The lowest BCUT2D eigenvalue weighted by Crippen LogP contribution is -2.04. The summed E-state index contributed by atoms with van der Waals surface area (Å²) in [6.07, 6.45) is 0. The minimum Gasteiger partial charge on any atom is -0.494 e. The predicted molar refractivity (Wildman–Crippen MR) is 71.9 cm³/mol. The number of para-hydroxylation sites is 1. The van der Waals surface area contributed by atoms with Gasteiger partial charge in [0.25, 0.3) is 0 Å². The van der Waals surface area contributed by atoms with E-state index in [0.29, 0.717) is 22.8 Å². The first-order valence-electron chi connectivity index (χ1n) is 5.98. The summed E-state index contributed by atoms with van der Waals surface area (Å²) < 4.78 is 46.7. The van der Waals surface area contributed by atoms with Gasteiger partial charge in [-0.2, -0.15) is 0 Å². The van der Waals surface area contributed by atoms with E-state index >= 15 is 0 Å². The predicted octanol–water partition coefficient (Wildman–Crippen LogP) is 3.03. The van der Waals surface area contributed by atoms with Gasteiger partial charge in [0.05, 0.1) is 18.3 Å². The highest BCUT2D eigenvalue weighted by Crippen LogP contribution is 2.30. The molecule has 3 aromatic rings. The first-order chi connectivity index (χ1) is 10.0. The maximum absolute atomic E-state index is 13.9. The second-order valence-corrected chi connectivity index (χ2v) is 4.35. The maximum Gasteiger partial charge on any atom is 0.206 e. The van der Waals surface area contributed by atoms with E-state index in [1.165, 1.54) is 11.7 Å². The van der Waals surface area contributed by atoms with Crippen molar-refractivity contribution < 1.29 is 17.9 Å². The number of nitrogens with two attached hydrogens (primary N) is 1. The number of benzene rings is 2. The van der Waals surface area contributed by atoms with E-state index in [0.717, 1.165) is 6.07 Å². The summed E-state index contributed by atoms with van der Waals surface area (Å²) in [5, 5.41) is 0. The molecule has 0 aliphatic carbocycles. The molecule has 1 aromatic heterocycles. The van der Waals surface area contributed by atoms with E-state index < -0.39 is 17.5 Å². The number of halogens is 3. The Labute approximate surface area is 117 Å². The van der Waals surface area contributed by atoms with Crippen molar-refractivity contribution in [2.45, 2.75) is 0 Å². The fourth-order valence-electron chi connectivity index (χ4n) is 2.19. The molecule has 108 valence electrons. The molecular formula is C14H10F3N3O. The van der Waals surface area contributed by atoms with Crippen molar-refractivity contribution in [2.24, 2.45) is 0 Å². The second kappa shape index (κ2) is 4.69. The third kappa shape index (κ3) is 1.97. The quantitative estimate of drug-likeness (QED) is 0.739. The maximum atomic E-state index is 13.9. The third-order valence-corrected chi connectivity index (χ3v) is 3.12. The van der Waals surface area contributed by atoms with Crippen LogP contribution in [0.2, 0.25) is 0 Å². The van der Waals surface area contributed by atoms with Crippen LogP contribution in [0.4, 0.5) is 19.1 Å². The molecule has 0 saturated heterocycles. The van der Waals surface area contributed by atoms with E-state index in [1.807, 2.05) is 0 Å². The van der Waals surface area contributed by atoms with E-state index in [-0.39, 0.29) is 11.6 Å². The van der Waals surface area contributed by atoms with Gasteiger partial charge in [-0.3, -0.25) is 4.57 Å². The van der Waals surface area contributed by atoms with Gasteiger partial charge in [-0.15, -0.1) is 0 Å². The number of nitrogen functional groups attached to an aromatic ring is 1. The van der Waals surface area contributed by atoms with Crippen molar-refractivity contribution >= 4 is 17.0 Å². The monoisotopic (exact) mass is 293 g/mol. The molecule has 0 fully saturated rings. The van der Waals surface area contributed by atoms with Gasteiger partial charge >= 0.3 is 0 Å². The smallest absolute Gasteiger partial charge is 0.206 e. The van der Waals surface area contributed by atoms with E-state index in [1.54, 1.807) is 18.2 Å². The summed E-state index contributed by atoms with van der Waals surface area (Å²) in [7, 11) is 1.46. The van der Waals surface area contributed by atoms with Gasteiger partial charge in [-0.25, -0.2) is 18.2 Å². The lowest BCUT2D eigenvalue weighted by molar-refractivity contribution is 0.419. The molecule has 0 unspecified atom stereocenters. The summed E-state index contributed by atoms with van der Waals surface area (Å²) in [6, 6.07) is 6.16. The number of anilines is 1. The Balaban J connectivity index is 2.36. The van der Waals surface area contributed by atoms with Crippen LogP contribution in [0.5, 0.6) is 5.75 Å². The van der Waals surface area contributed by atoms with Crippen LogP contribution < -0.4 is 10.5 Å². The molecule has 7 heteroatoms. The normalized spacial score (nSPS) is 11.0. The molecule has 0 atom stereocenters. The number of aromatic nitrogens is 2. The topological polar surface area (TPSA) is 53.1 Å². The van der Waals surface area contributed by atoms with Gasteiger partial charge in [0.1, 0.15) is 17.1 Å². The van der Waals surface area contributed by atoms with Crippen LogP contribution in [0.3, 0.4) is 0 Å². The molecule has 0 spiro atoms. The van der Waals surface area contributed by atoms with Crippen LogP contribution in [0.25, 0.3) is 16.7 Å². The first kappa shape index (κ1) is 13.3. The van der Waals surface area contributed by atoms with Crippen molar-refractivity contribution in [3.63, 3.8) is 0 Å². The molecule has 2 aromatic carbocycles. The van der Waals surface area contributed by atoms with Crippen molar-refractivity contribution in [1.82, 2.24) is 9.55 Å². The number of fused-ring (bicyclic) bond motifs is 1. The van der Waals surface area contributed by atoms with Crippen molar-refractivity contribution in [1.29, 1.82) is 0 Å². The lowest BCUT2D eigenvalue weighted by Gasteiger charge is -2.09. The van der Waals surface area contributed by atoms with Gasteiger partial charge < -0.3 is 10.5 Å². The molecule has 0 radical (unpaired) electrons. The van der Waals surface area contributed by atoms with Crippen LogP contribution in [-0.4, -0.2) is 16.7 Å². The molecule has 0 aliphatic heterocycles. The van der Waals surface area contributed by atoms with Gasteiger partial charge in [0.15, 0.2) is 11.6 Å². The van der Waals surface area contributed by atoms with Crippen molar-refractivity contribution in [2.75, 3.05) is 12.8 Å². The van der Waals surface area contributed by atoms with Crippen LogP contribution >= 0.6 is 0 Å². The Kier molecular flexibility index (Phi) is 2.97.